The number of nitrogens with two attached hydrogens (primary N) is 1. The lowest BCUT2D eigenvalue weighted by Crippen LogP contribution is -2.38. The first-order valence-electron chi connectivity index (χ1n) is 8.56. The molecule has 5 nitrogen and oxygen atoms in total. The Labute approximate surface area is 156 Å². The van der Waals surface area contributed by atoms with E-state index in [1.54, 1.807) is 0 Å². The van der Waals surface area contributed by atoms with Crippen molar-refractivity contribution in [2.45, 2.75) is 45.1 Å². The molecule has 130 valence electrons. The Kier molecular flexibility index (Phi) is 7.20. The number of furan rings is 1. The summed E-state index contributed by atoms with van der Waals surface area (Å²) in [7, 11) is 0. The van der Waals surface area contributed by atoms with Crippen molar-refractivity contribution in [1.29, 1.82) is 0 Å². The number of aryl methyl sites for hydroxylation is 1. The third-order valence-electron chi connectivity index (χ3n) is 4.90. The van der Waals surface area contributed by atoms with Gasteiger partial charge in [0, 0.05) is 6.54 Å². The zero-order valence-corrected chi connectivity index (χ0v) is 16.3. The maximum atomic E-state index is 6.02. The SMILES string of the molecule is Cc1ccc(C(CN=C(N)NCC2CCC2)N2CCCC2)o1.I. The maximum Gasteiger partial charge on any atom is 0.188 e. The van der Waals surface area contributed by atoms with Crippen LogP contribution in [0.15, 0.2) is 21.5 Å². The second kappa shape index (κ2) is 8.92. The number of rotatable bonds is 6. The summed E-state index contributed by atoms with van der Waals surface area (Å²) in [6.45, 7) is 5.85. The summed E-state index contributed by atoms with van der Waals surface area (Å²) in [5.74, 6) is 3.32. The summed E-state index contributed by atoms with van der Waals surface area (Å²) in [4.78, 5) is 7.03. The van der Waals surface area contributed by atoms with Gasteiger partial charge >= 0.3 is 0 Å². The van der Waals surface area contributed by atoms with Crippen LogP contribution in [0.1, 0.15) is 49.7 Å². The molecule has 0 spiro atoms. The van der Waals surface area contributed by atoms with Crippen LogP contribution in [0, 0.1) is 12.8 Å². The highest BCUT2D eigenvalue weighted by Gasteiger charge is 2.25. The largest absolute Gasteiger partial charge is 0.465 e. The molecule has 2 fully saturated rings. The lowest BCUT2D eigenvalue weighted by atomic mass is 9.85. The molecule has 3 rings (SSSR count). The van der Waals surface area contributed by atoms with Crippen molar-refractivity contribution in [2.75, 3.05) is 26.2 Å². The van der Waals surface area contributed by atoms with E-state index in [9.17, 15) is 0 Å². The predicted molar refractivity (Wildman–Crippen MR) is 104 cm³/mol. The van der Waals surface area contributed by atoms with Gasteiger partial charge in [0.1, 0.15) is 11.5 Å². The third kappa shape index (κ3) is 5.11. The molecule has 1 atom stereocenters. The standard InChI is InChI=1S/C17H28N4O.HI/c1-13-7-8-16(22-13)15(21-9-2-3-10-21)12-20-17(18)19-11-14-5-4-6-14;/h7-8,14-15H,2-6,9-12H2,1H3,(H3,18,19,20);1H. The van der Waals surface area contributed by atoms with Crippen molar-refractivity contribution in [3.05, 3.63) is 23.7 Å². The Morgan fingerprint density at radius 1 is 1.35 bits per heavy atom. The lowest BCUT2D eigenvalue weighted by Gasteiger charge is -2.26. The molecule has 1 aromatic rings. The molecule has 0 amide bonds. The molecule has 1 aliphatic heterocycles. The van der Waals surface area contributed by atoms with Crippen molar-refractivity contribution in [1.82, 2.24) is 10.2 Å². The third-order valence-corrected chi connectivity index (χ3v) is 4.90. The van der Waals surface area contributed by atoms with Crippen LogP contribution < -0.4 is 11.1 Å². The van der Waals surface area contributed by atoms with Gasteiger partial charge in [-0.25, -0.2) is 0 Å². The average Bonchev–Trinajstić information content (AvgIpc) is 3.09. The molecule has 1 aromatic heterocycles. The van der Waals surface area contributed by atoms with E-state index >= 15 is 0 Å². The van der Waals surface area contributed by atoms with Gasteiger partial charge in [-0.05, 0) is 63.7 Å². The van der Waals surface area contributed by atoms with Gasteiger partial charge in [-0.2, -0.15) is 0 Å². The quantitative estimate of drug-likeness (QED) is 0.412. The number of hydrogen-bond acceptors (Lipinski definition) is 3. The topological polar surface area (TPSA) is 66.8 Å². The van der Waals surface area contributed by atoms with Gasteiger partial charge in [0.2, 0.25) is 0 Å². The second-order valence-electron chi connectivity index (χ2n) is 6.61. The van der Waals surface area contributed by atoms with E-state index in [0.717, 1.165) is 37.1 Å². The van der Waals surface area contributed by atoms with E-state index in [-0.39, 0.29) is 30.0 Å². The first-order valence-corrected chi connectivity index (χ1v) is 8.56. The number of hydrogen-bond donors (Lipinski definition) is 2. The molecule has 1 aliphatic carbocycles. The minimum atomic E-state index is 0. The molecule has 3 N–H and O–H groups in total. The highest BCUT2D eigenvalue weighted by molar-refractivity contribution is 14.0. The van der Waals surface area contributed by atoms with Crippen LogP contribution in [0.4, 0.5) is 0 Å². The Morgan fingerprint density at radius 2 is 2.09 bits per heavy atom. The van der Waals surface area contributed by atoms with Crippen molar-refractivity contribution < 1.29 is 4.42 Å². The number of likely N-dealkylation sites (tertiary alicyclic amines) is 1. The van der Waals surface area contributed by atoms with Crippen molar-refractivity contribution in [3.63, 3.8) is 0 Å². The Morgan fingerprint density at radius 3 is 2.65 bits per heavy atom. The van der Waals surface area contributed by atoms with Gasteiger partial charge in [0.05, 0.1) is 12.6 Å². The summed E-state index contributed by atoms with van der Waals surface area (Å²) >= 11 is 0. The molecule has 1 saturated carbocycles. The zero-order chi connectivity index (χ0) is 15.4. The summed E-state index contributed by atoms with van der Waals surface area (Å²) in [5, 5.41) is 3.27. The van der Waals surface area contributed by atoms with E-state index in [2.05, 4.69) is 21.3 Å². The van der Waals surface area contributed by atoms with Crippen LogP contribution in [-0.4, -0.2) is 37.0 Å². The number of nitrogens with zero attached hydrogens (tertiary/aromatic N) is 2. The van der Waals surface area contributed by atoms with Gasteiger partial charge in [-0.15, -0.1) is 24.0 Å². The zero-order valence-electron chi connectivity index (χ0n) is 14.0. The van der Waals surface area contributed by atoms with Gasteiger partial charge in [0.15, 0.2) is 5.96 Å². The number of guanidine groups is 1. The van der Waals surface area contributed by atoms with Crippen LogP contribution in [0.3, 0.4) is 0 Å². The minimum absolute atomic E-state index is 0. The van der Waals surface area contributed by atoms with E-state index in [0.29, 0.717) is 12.5 Å². The Bertz CT molecular complexity index is 506. The van der Waals surface area contributed by atoms with Crippen molar-refractivity contribution in [2.24, 2.45) is 16.6 Å². The smallest absolute Gasteiger partial charge is 0.188 e. The fourth-order valence-corrected chi connectivity index (χ4v) is 3.26. The summed E-state index contributed by atoms with van der Waals surface area (Å²) in [5.41, 5.74) is 6.02. The molecule has 1 saturated heterocycles. The van der Waals surface area contributed by atoms with E-state index < -0.39 is 0 Å². The van der Waals surface area contributed by atoms with Crippen molar-refractivity contribution >= 4 is 29.9 Å². The average molecular weight is 432 g/mol. The number of aliphatic imine (C=N–C) groups is 1. The van der Waals surface area contributed by atoms with Crippen molar-refractivity contribution in [3.8, 4) is 0 Å². The second-order valence-corrected chi connectivity index (χ2v) is 6.61. The molecule has 23 heavy (non-hydrogen) atoms. The number of halogens is 1. The van der Waals surface area contributed by atoms with Crippen LogP contribution in [0.2, 0.25) is 0 Å². The monoisotopic (exact) mass is 432 g/mol. The van der Waals surface area contributed by atoms with Crippen LogP contribution in [-0.2, 0) is 0 Å². The Balaban J connectivity index is 0.00000192. The number of nitrogens with one attached hydrogen (secondary N) is 1. The minimum Gasteiger partial charge on any atom is -0.465 e. The normalized spacial score (nSPS) is 20.8. The predicted octanol–water partition coefficient (Wildman–Crippen LogP) is 3.05. The maximum absolute atomic E-state index is 6.02. The molecule has 6 heteroatoms. The fraction of sp³-hybridized carbons (Fsp3) is 0.706. The lowest BCUT2D eigenvalue weighted by molar-refractivity contribution is 0.219. The molecule has 2 aliphatic rings. The molecule has 2 heterocycles. The van der Waals surface area contributed by atoms with Crippen LogP contribution >= 0.6 is 24.0 Å². The van der Waals surface area contributed by atoms with E-state index in [1.807, 2.05) is 13.0 Å². The molecular weight excluding hydrogens is 403 g/mol. The molecule has 0 radical (unpaired) electrons. The summed E-state index contributed by atoms with van der Waals surface area (Å²) in [6.07, 6.45) is 6.52. The Hall–Kier alpha value is -0.760. The fourth-order valence-electron chi connectivity index (χ4n) is 3.26. The van der Waals surface area contributed by atoms with Gasteiger partial charge in [-0.3, -0.25) is 9.89 Å². The first-order chi connectivity index (χ1) is 10.7. The van der Waals surface area contributed by atoms with E-state index in [1.165, 1.54) is 32.1 Å². The van der Waals surface area contributed by atoms with Gasteiger partial charge in [0.25, 0.3) is 0 Å². The molecule has 0 aromatic carbocycles. The highest BCUT2D eigenvalue weighted by atomic mass is 127. The van der Waals surface area contributed by atoms with Gasteiger partial charge < -0.3 is 15.5 Å². The van der Waals surface area contributed by atoms with Crippen LogP contribution in [0.25, 0.3) is 0 Å². The van der Waals surface area contributed by atoms with Gasteiger partial charge in [-0.1, -0.05) is 6.42 Å². The summed E-state index contributed by atoms with van der Waals surface area (Å²) < 4.78 is 5.84. The van der Waals surface area contributed by atoms with E-state index in [4.69, 9.17) is 10.2 Å². The summed E-state index contributed by atoms with van der Waals surface area (Å²) in [6, 6.07) is 4.31. The molecule has 0 bridgehead atoms. The van der Waals surface area contributed by atoms with Crippen LogP contribution in [0.5, 0.6) is 0 Å². The highest BCUT2D eigenvalue weighted by Crippen LogP contribution is 2.27. The molecular formula is C17H29IN4O. The first kappa shape index (κ1) is 18.6. The molecule has 1 unspecified atom stereocenters.